The predicted octanol–water partition coefficient (Wildman–Crippen LogP) is 18.3. The van der Waals surface area contributed by atoms with Gasteiger partial charge in [0.05, 0.1) is 60.6 Å². The van der Waals surface area contributed by atoms with Gasteiger partial charge in [-0.15, -0.1) is 0 Å². The molecule has 0 saturated carbocycles. The van der Waals surface area contributed by atoms with Gasteiger partial charge in [-0.3, -0.25) is 22.0 Å². The van der Waals surface area contributed by atoms with Crippen LogP contribution in [0.2, 0.25) is 0 Å². The first kappa shape index (κ1) is 105. The number of hydrogen-bond donors (Lipinski definition) is 6. The molecule has 0 bridgehead atoms. The molecule has 24 nitrogen and oxygen atoms in total. The summed E-state index contributed by atoms with van der Waals surface area (Å²) < 4.78 is 117. The van der Waals surface area contributed by atoms with Crippen molar-refractivity contribution in [3.63, 3.8) is 0 Å². The summed E-state index contributed by atoms with van der Waals surface area (Å²) in [6, 6.07) is 52.9. The monoisotopic (exact) mass is 1950 g/mol. The van der Waals surface area contributed by atoms with Crippen LogP contribution in [0.25, 0.3) is 0 Å². The fourth-order valence-electron chi connectivity index (χ4n) is 20.3. The Labute approximate surface area is 819 Å². The summed E-state index contributed by atoms with van der Waals surface area (Å²) in [6.07, 6.45) is 12.7. The Morgan fingerprint density at radius 2 is 0.642 bits per heavy atom. The van der Waals surface area contributed by atoms with Gasteiger partial charge in [-0.25, -0.2) is 33.7 Å². The predicted molar refractivity (Wildman–Crippen MR) is 560 cm³/mol. The number of ketones is 1. The quantitative estimate of drug-likeness (QED) is 0.0235. The van der Waals surface area contributed by atoms with Crippen LogP contribution in [0.1, 0.15) is 235 Å². The van der Waals surface area contributed by atoms with E-state index >= 15 is 0 Å². The number of carbonyl (C=O) groups excluding carboxylic acids is 1. The number of rotatable bonds is 31. The Bertz CT molecular complexity index is 5800. The van der Waals surface area contributed by atoms with Gasteiger partial charge in [-0.1, -0.05) is 138 Å². The highest BCUT2D eigenvalue weighted by molar-refractivity contribution is 7.93. The Balaban J connectivity index is 0.000000154. The lowest BCUT2D eigenvalue weighted by molar-refractivity contribution is 0.0977. The number of nitrogens with zero attached hydrogens (tertiary/aromatic N) is 9. The average Bonchev–Trinajstić information content (AvgIpc) is 0.982. The van der Waals surface area contributed by atoms with Crippen LogP contribution in [0, 0.1) is 35.5 Å². The molecule has 16 rings (SSSR count). The zero-order chi connectivity index (χ0) is 98.2. The maximum atomic E-state index is 13.9. The number of sulfonamides is 4. The molecule has 8 aromatic rings. The number of aliphatic hydroxyl groups is 3. The number of hydrogen-bond acceptors (Lipinski definition) is 20. The molecule has 0 spiro atoms. The van der Waals surface area contributed by atoms with Crippen molar-refractivity contribution in [3.05, 3.63) is 227 Å². The van der Waals surface area contributed by atoms with E-state index in [4.69, 9.17) is 0 Å². The molecule has 0 aromatic heterocycles. The summed E-state index contributed by atoms with van der Waals surface area (Å²) in [7, 11) is -15.2. The lowest BCUT2D eigenvalue weighted by Crippen LogP contribution is -2.46. The third kappa shape index (κ3) is 25.8. The van der Waals surface area contributed by atoms with E-state index in [-0.39, 0.29) is 49.0 Å². The molecule has 0 radical (unpaired) electrons. The number of benzene rings is 8. The molecule has 6 N–H and O–H groups in total. The van der Waals surface area contributed by atoms with Crippen molar-refractivity contribution in [1.82, 2.24) is 20.9 Å². The van der Waals surface area contributed by atoms with Gasteiger partial charge in [-0.05, 0) is 322 Å². The van der Waals surface area contributed by atoms with Gasteiger partial charge in [0.1, 0.15) is 0 Å². The van der Waals surface area contributed by atoms with Gasteiger partial charge in [-0.2, -0.15) is 0 Å². The van der Waals surface area contributed by atoms with Crippen LogP contribution < -0.4 is 52.8 Å². The highest BCUT2D eigenvalue weighted by Gasteiger charge is 2.39. The second kappa shape index (κ2) is 47.5. The van der Waals surface area contributed by atoms with Crippen molar-refractivity contribution in [2.24, 2.45) is 35.5 Å². The second-order valence-electron chi connectivity index (χ2n) is 40.3. The summed E-state index contributed by atoms with van der Waals surface area (Å²) in [5.74, 6) is 1.88. The SMILES string of the molecule is C=C(C)N1CCC(CN2CCC(O)c3cc(S(=O)(=O)N(CC(C)C)c4ccc(CC)cc4)ccc32)CC1.CCc1ccc(N(CC(C)C)S(=O)(=O)c2ccc3c(c2)C(=O)CCN3C2CCNCC2)cc1.CCc1ccc(N(CC(C)C)S(=O)(=O)c2ccc3c(c2)C(O)CCN3C2CCNCC2)cc1.CCc1ccc(N(CC(C)C)S(=O)(=O)c2ccc3c(c2)C(O)CCN3CC2CCNCC2)cc1. The van der Waals surface area contributed by atoms with E-state index in [1.54, 1.807) is 48.5 Å². The van der Waals surface area contributed by atoms with Crippen LogP contribution in [0.4, 0.5) is 45.5 Å². The van der Waals surface area contributed by atoms with E-state index in [1.807, 2.05) is 177 Å². The summed E-state index contributed by atoms with van der Waals surface area (Å²) >= 11 is 0. The highest BCUT2D eigenvalue weighted by Crippen LogP contribution is 2.44. The topological polar surface area (TPSA) is 280 Å². The molecule has 0 aliphatic carbocycles. The molecule has 8 aliphatic heterocycles. The molecule has 8 aliphatic rings. The molecular formula is C109H154N12O12S4. The first-order valence-corrected chi connectivity index (χ1v) is 56.4. The number of carbonyl (C=O) groups is 1. The van der Waals surface area contributed by atoms with Crippen molar-refractivity contribution in [1.29, 1.82) is 0 Å². The van der Waals surface area contributed by atoms with Crippen molar-refractivity contribution >= 4 is 91.4 Å². The molecule has 0 amide bonds. The van der Waals surface area contributed by atoms with Gasteiger partial charge >= 0.3 is 0 Å². The normalized spacial score (nSPS) is 18.7. The molecule has 8 aromatic carbocycles. The lowest BCUT2D eigenvalue weighted by atomic mass is 9.93. The number of anilines is 8. The van der Waals surface area contributed by atoms with Gasteiger partial charge < -0.3 is 55.8 Å². The van der Waals surface area contributed by atoms with E-state index in [0.29, 0.717) is 111 Å². The minimum Gasteiger partial charge on any atom is -0.388 e. The molecule has 8 heterocycles. The van der Waals surface area contributed by atoms with Crippen LogP contribution in [0.3, 0.4) is 0 Å². The maximum Gasteiger partial charge on any atom is 0.264 e. The summed E-state index contributed by atoms with van der Waals surface area (Å²) in [4.78, 5) is 25.4. The number of aryl methyl sites for hydroxylation is 4. The summed E-state index contributed by atoms with van der Waals surface area (Å²) in [5.41, 5.74) is 15.0. The van der Waals surface area contributed by atoms with Crippen molar-refractivity contribution in [2.75, 3.05) is 155 Å². The van der Waals surface area contributed by atoms with Gasteiger partial charge in [0.15, 0.2) is 5.78 Å². The Kier molecular flexibility index (Phi) is 36.5. The van der Waals surface area contributed by atoms with Crippen LogP contribution in [0.5, 0.6) is 0 Å². The van der Waals surface area contributed by atoms with Gasteiger partial charge in [0, 0.05) is 148 Å². The number of piperidine rings is 4. The van der Waals surface area contributed by atoms with E-state index in [9.17, 15) is 53.8 Å². The van der Waals surface area contributed by atoms with Crippen LogP contribution in [-0.2, 0) is 65.8 Å². The smallest absolute Gasteiger partial charge is 0.264 e. The van der Waals surface area contributed by atoms with E-state index in [0.717, 1.165) is 213 Å². The Hall–Kier alpha value is -9.07. The molecular weight excluding hydrogens is 1800 g/mol. The fourth-order valence-corrected chi connectivity index (χ4v) is 27.0. The molecule has 746 valence electrons. The zero-order valence-electron chi connectivity index (χ0n) is 83.4. The standard InChI is InChI=1S/C30H43N3O3S.C27H39N3O3S.C26H37N3O3S.C26H35N3O3S/c1-6-24-7-9-26(10-8-24)33(20-22(2)3)37(35,36)27-11-12-29-28(19-27)30(34)15-18-32(29)21-25-13-16-31(17-14-25)23(4)5;1-4-21-5-7-23(8-6-21)30(18-20(2)3)34(32,33)24-9-10-26-25(17-24)27(31)13-16-29(26)19-22-11-14-28-15-12-22;2*1-4-20-5-7-22(8-6-20)29(18-19(2)3)33(31,32)23-9-10-25-24(17-23)26(30)13-16-28(25)21-11-14-27-15-12-21/h7-12,19,22,25,30,34H,4,6,13-18,20-21H2,1-3,5H3;5-10,17,20,22,27-28,31H,4,11-16,18-19H2,1-3H3;5-10,17,19,21,26-27,30H,4,11-16,18H2,1-3H3;5-10,17,19,21,27H,4,11-16,18H2,1-3H3. The number of Topliss-reactive ketones (excluding diaryl/α,β-unsaturated/α-hetero) is 1. The zero-order valence-corrected chi connectivity index (χ0v) is 86.7. The maximum absolute atomic E-state index is 13.9. The third-order valence-corrected chi connectivity index (χ3v) is 35.4. The number of fused-ring (bicyclic) bond motifs is 4. The first-order chi connectivity index (χ1) is 65.5. The number of likely N-dealkylation sites (tertiary alicyclic amines) is 1. The molecule has 4 fully saturated rings. The molecule has 137 heavy (non-hydrogen) atoms. The average molecular weight is 1950 g/mol. The number of allylic oxidation sites excluding steroid dienone is 1. The lowest BCUT2D eigenvalue weighted by Gasteiger charge is -2.41. The largest absolute Gasteiger partial charge is 0.388 e. The van der Waals surface area contributed by atoms with Crippen LogP contribution in [-0.4, -0.2) is 190 Å². The van der Waals surface area contributed by atoms with Crippen molar-refractivity contribution < 1.29 is 53.8 Å². The van der Waals surface area contributed by atoms with Crippen molar-refractivity contribution in [2.45, 2.75) is 243 Å². The third-order valence-electron chi connectivity index (χ3n) is 28.3. The Morgan fingerprint density at radius 3 is 0.964 bits per heavy atom. The number of nitrogens with one attached hydrogen (secondary N) is 3. The number of aliphatic hydroxyl groups excluding tert-OH is 3. The van der Waals surface area contributed by atoms with E-state index in [2.05, 4.69) is 81.6 Å². The Morgan fingerprint density at radius 1 is 0.358 bits per heavy atom. The van der Waals surface area contributed by atoms with Crippen LogP contribution >= 0.6 is 0 Å². The van der Waals surface area contributed by atoms with E-state index < -0.39 is 58.4 Å². The van der Waals surface area contributed by atoms with Gasteiger partial charge in [0.2, 0.25) is 0 Å². The minimum atomic E-state index is -3.82. The fraction of sp³-hybridized carbons (Fsp3) is 0.532. The molecule has 28 heteroatoms. The van der Waals surface area contributed by atoms with Crippen molar-refractivity contribution in [3.8, 4) is 0 Å². The van der Waals surface area contributed by atoms with Gasteiger partial charge in [0.25, 0.3) is 40.1 Å². The molecule has 3 atom stereocenters. The minimum absolute atomic E-state index is 0.0231. The summed E-state index contributed by atoms with van der Waals surface area (Å²) in [6.45, 7) is 45.3. The van der Waals surface area contributed by atoms with Crippen LogP contribution in [0.15, 0.2) is 202 Å². The van der Waals surface area contributed by atoms with E-state index in [1.165, 1.54) is 33.9 Å². The second-order valence-corrected chi connectivity index (χ2v) is 47.8. The first-order valence-electron chi connectivity index (χ1n) is 50.7. The highest BCUT2D eigenvalue weighted by atomic mass is 32.2. The molecule has 3 unspecified atom stereocenters. The summed E-state index contributed by atoms with van der Waals surface area (Å²) in [5, 5.41) is 42.7. The molecule has 4 saturated heterocycles.